The van der Waals surface area contributed by atoms with Gasteiger partial charge in [0, 0.05) is 51.4 Å². The van der Waals surface area contributed by atoms with Crippen molar-refractivity contribution in [2.45, 2.75) is 170 Å². The maximum atomic E-state index is 13.5. The van der Waals surface area contributed by atoms with Gasteiger partial charge in [-0.15, -0.1) is 0 Å². The molecule has 488 valence electrons. The Morgan fingerprint density at radius 3 is 1.42 bits per heavy atom. The van der Waals surface area contributed by atoms with E-state index in [1.807, 2.05) is 25.9 Å². The van der Waals surface area contributed by atoms with Crippen LogP contribution in [0.25, 0.3) is 0 Å². The van der Waals surface area contributed by atoms with Gasteiger partial charge in [0.2, 0.25) is 11.8 Å². The van der Waals surface area contributed by atoms with E-state index in [0.29, 0.717) is 18.3 Å². The molecule has 2 fully saturated rings. The van der Waals surface area contributed by atoms with E-state index in [0.717, 1.165) is 25.0 Å². The normalized spacial score (nSPS) is 19.4. The number of hydrogen-bond donors (Lipinski definition) is 0. The average molecular weight is 1270 g/mol. The number of hydrogen-bond acceptors (Lipinski definition) is 21. The van der Waals surface area contributed by atoms with Crippen LogP contribution in [0, 0.1) is 44.8 Å². The molecule has 4 amide bonds. The molecule has 4 aliphatic rings. The van der Waals surface area contributed by atoms with Crippen molar-refractivity contribution in [2.24, 2.45) is 44.8 Å². The second kappa shape index (κ2) is 29.1. The Morgan fingerprint density at radius 2 is 1.03 bits per heavy atom. The largest absolute Gasteiger partial charge is 0.469 e. The highest BCUT2D eigenvalue weighted by Crippen LogP contribution is 2.59. The van der Waals surface area contributed by atoms with Gasteiger partial charge in [0.1, 0.15) is 42.3 Å². The summed E-state index contributed by atoms with van der Waals surface area (Å²) < 4.78 is 82.7. The fraction of sp³-hybridized carbons (Fsp3) is 0.619. The number of fused-ring (bicyclic) bond motifs is 4. The van der Waals surface area contributed by atoms with Crippen LogP contribution in [0.4, 0.5) is 0 Å². The Labute approximate surface area is 517 Å². The molecule has 0 aromatic heterocycles. The first-order valence-corrected chi connectivity index (χ1v) is 31.9. The molecule has 25 heteroatoms. The van der Waals surface area contributed by atoms with Crippen LogP contribution < -0.4 is 0 Å². The van der Waals surface area contributed by atoms with E-state index in [-0.39, 0.29) is 132 Å². The fourth-order valence-corrected chi connectivity index (χ4v) is 15.4. The molecule has 2 aliphatic heterocycles. The summed E-state index contributed by atoms with van der Waals surface area (Å²) in [7, 11) is -3.50. The number of benzene rings is 2. The molecule has 0 saturated heterocycles. The lowest BCUT2D eigenvalue weighted by Crippen LogP contribution is -2.44. The van der Waals surface area contributed by atoms with E-state index in [2.05, 4.69) is 20.4 Å². The van der Waals surface area contributed by atoms with Crippen LogP contribution in [0.1, 0.15) is 174 Å². The number of carbonyl (C=O) groups excluding carboxylic acids is 10. The summed E-state index contributed by atoms with van der Waals surface area (Å²) in [5.74, 6) is -6.18. The Hall–Kier alpha value is -7.02. The first-order valence-electron chi connectivity index (χ1n) is 29.0. The molecule has 0 radical (unpaired) electrons. The van der Waals surface area contributed by atoms with Gasteiger partial charge < -0.3 is 33.3 Å². The summed E-state index contributed by atoms with van der Waals surface area (Å²) in [6.45, 7) is 21.6. The zero-order chi connectivity index (χ0) is 65.4. The Balaban J connectivity index is 0.000000395. The van der Waals surface area contributed by atoms with Gasteiger partial charge >= 0.3 is 35.8 Å². The topological polar surface area (TPSA) is 304 Å². The number of methoxy groups -OCH3 is 1. The van der Waals surface area contributed by atoms with Crippen LogP contribution in [-0.2, 0) is 86.8 Å². The van der Waals surface area contributed by atoms with E-state index >= 15 is 0 Å². The zero-order valence-electron chi connectivity index (χ0n) is 52.3. The number of carbonyl (C=O) groups is 10. The highest BCUT2D eigenvalue weighted by Gasteiger charge is 2.56. The number of allylic oxidation sites excluding steroid dienone is 1. The Kier molecular flexibility index (Phi) is 24.3. The average Bonchev–Trinajstić information content (AvgIpc) is 1.61. The van der Waals surface area contributed by atoms with Crippen molar-refractivity contribution < 1.29 is 93.2 Å². The number of amides is 4. The number of imide groups is 2. The first kappa shape index (κ1) is 73.4. The third-order valence-electron chi connectivity index (χ3n) is 16.8. The van der Waals surface area contributed by atoms with Crippen LogP contribution in [0.15, 0.2) is 70.6 Å². The van der Waals surface area contributed by atoms with Gasteiger partial charge in [-0.25, -0.2) is 16.8 Å². The standard InChI is InChI=1S/C37H51NO12S.C25H34N2O8S.CH4/c1-34(2,21-37(7,33(44)47-8)22-35(3,4)32(43)50-26-20-23-16-17-25(26)36(23,5)6)31(42)49-19-18-48-29(40)15-11-14-28(39)38-30(41)24-12-9-10-13-27(24)51(38,45)46;1-17(18(2)26(5)6)16-25(3,4)24(31)35-15-14-34-22(29)13-9-12-21(28)27-23(30)19-10-7-8-11-20(19)36(27,32)33;/h9-10,12-13,23,25-26H,11,14-22H2,1-8H3;7-8,10-11,17H,2,9,12-16H2,1,3-6H3;1H4. The molecule has 0 spiro atoms. The molecule has 0 N–H and O–H groups in total. The lowest BCUT2D eigenvalue weighted by molar-refractivity contribution is -0.171. The lowest BCUT2D eigenvalue weighted by atomic mass is 9.66. The van der Waals surface area contributed by atoms with Gasteiger partial charge in [-0.2, -0.15) is 8.61 Å². The van der Waals surface area contributed by atoms with E-state index in [9.17, 15) is 64.8 Å². The molecule has 88 heavy (non-hydrogen) atoms. The monoisotopic (exact) mass is 1270 g/mol. The second-order valence-electron chi connectivity index (χ2n) is 25.8. The van der Waals surface area contributed by atoms with Gasteiger partial charge in [-0.3, -0.25) is 47.9 Å². The number of sulfonamides is 2. The highest BCUT2D eigenvalue weighted by molar-refractivity contribution is 7.91. The molecular weight excluding hydrogens is 1180 g/mol. The molecule has 2 heterocycles. The summed E-state index contributed by atoms with van der Waals surface area (Å²) in [6, 6.07) is 11.1. The van der Waals surface area contributed by atoms with Gasteiger partial charge in [-0.1, -0.05) is 59.0 Å². The summed E-state index contributed by atoms with van der Waals surface area (Å²) in [5, 5.41) is 0. The van der Waals surface area contributed by atoms with E-state index in [1.54, 1.807) is 48.5 Å². The zero-order valence-corrected chi connectivity index (χ0v) is 53.9. The van der Waals surface area contributed by atoms with E-state index in [1.165, 1.54) is 55.6 Å². The molecular formula is C63H89N3O20S2. The van der Waals surface area contributed by atoms with Crippen LogP contribution in [-0.4, -0.2) is 144 Å². The lowest BCUT2D eigenvalue weighted by Gasteiger charge is -2.39. The Morgan fingerprint density at radius 1 is 0.625 bits per heavy atom. The van der Waals surface area contributed by atoms with Crippen molar-refractivity contribution in [1.82, 2.24) is 13.5 Å². The SMILES string of the molecule is C.C=C(C(C)CC(C)(C)C(=O)OCCOC(=O)CCCC(=O)N1C(=O)c2ccccc2S1(=O)=O)N(C)C.COC(=O)C(C)(CC(C)(C)C(=O)OCCOC(=O)CCCC(=O)N1C(=O)c2ccccc2S1(=O)=O)CC(C)(C)C(=O)OC1CC2CCC1C2(C)C. The quantitative estimate of drug-likeness (QED) is 0.0460. The minimum absolute atomic E-state index is 0. The molecule has 5 unspecified atom stereocenters. The smallest absolute Gasteiger partial charge is 0.311 e. The molecule has 5 atom stereocenters. The fourth-order valence-electron chi connectivity index (χ4n) is 12.3. The van der Waals surface area contributed by atoms with Crippen molar-refractivity contribution in [2.75, 3.05) is 47.6 Å². The van der Waals surface area contributed by atoms with Gasteiger partial charge in [-0.05, 0) is 141 Å². The van der Waals surface area contributed by atoms with Crippen molar-refractivity contribution in [3.63, 3.8) is 0 Å². The van der Waals surface area contributed by atoms with Gasteiger partial charge in [0.05, 0.1) is 39.9 Å². The second-order valence-corrected chi connectivity index (χ2v) is 29.3. The predicted molar refractivity (Wildman–Crippen MR) is 320 cm³/mol. The maximum Gasteiger partial charge on any atom is 0.311 e. The van der Waals surface area contributed by atoms with E-state index < -0.39 is 101 Å². The summed E-state index contributed by atoms with van der Waals surface area (Å²) in [6.07, 6.45) is 2.26. The van der Waals surface area contributed by atoms with Crippen molar-refractivity contribution in [3.05, 3.63) is 71.9 Å². The summed E-state index contributed by atoms with van der Waals surface area (Å²) in [5.41, 5.74) is -3.38. The van der Waals surface area contributed by atoms with Gasteiger partial charge in [0.15, 0.2) is 0 Å². The van der Waals surface area contributed by atoms with Crippen LogP contribution in [0.2, 0.25) is 0 Å². The molecule has 2 saturated carbocycles. The number of ether oxygens (including phenoxy) is 6. The number of rotatable bonds is 27. The highest BCUT2D eigenvalue weighted by atomic mass is 32.2. The minimum atomic E-state index is -4.30. The molecule has 6 rings (SSSR count). The van der Waals surface area contributed by atoms with Crippen LogP contribution >= 0.6 is 0 Å². The molecule has 2 aromatic rings. The van der Waals surface area contributed by atoms with Crippen molar-refractivity contribution in [1.29, 1.82) is 0 Å². The first-order chi connectivity index (χ1) is 40.3. The minimum Gasteiger partial charge on any atom is -0.469 e. The number of esters is 6. The van der Waals surface area contributed by atoms with E-state index in [4.69, 9.17) is 28.4 Å². The molecule has 2 aliphatic carbocycles. The van der Waals surface area contributed by atoms with Crippen molar-refractivity contribution in [3.8, 4) is 0 Å². The Bertz CT molecular complexity index is 3240. The molecule has 2 bridgehead atoms. The third kappa shape index (κ3) is 16.8. The summed E-state index contributed by atoms with van der Waals surface area (Å²) >= 11 is 0. The third-order valence-corrected chi connectivity index (χ3v) is 20.3. The summed E-state index contributed by atoms with van der Waals surface area (Å²) in [4.78, 5) is 128. The van der Waals surface area contributed by atoms with Crippen LogP contribution in [0.3, 0.4) is 0 Å². The van der Waals surface area contributed by atoms with Crippen molar-refractivity contribution >= 4 is 79.5 Å². The number of nitrogens with zero attached hydrogens (tertiary/aromatic N) is 3. The molecule has 23 nitrogen and oxygen atoms in total. The predicted octanol–water partition coefficient (Wildman–Crippen LogP) is 8.37. The maximum absolute atomic E-state index is 13.5. The van der Waals surface area contributed by atoms with Gasteiger partial charge in [0.25, 0.3) is 31.9 Å². The van der Waals surface area contributed by atoms with Crippen LogP contribution in [0.5, 0.6) is 0 Å². The molecule has 2 aromatic carbocycles.